The molecule has 1 saturated carbocycles. The predicted octanol–water partition coefficient (Wildman–Crippen LogP) is 5.75. The van der Waals surface area contributed by atoms with Gasteiger partial charge in [-0.15, -0.1) is 0 Å². The number of nitrogens with zero attached hydrogens (tertiary/aromatic N) is 1. The van der Waals surface area contributed by atoms with E-state index in [1.54, 1.807) is 24.3 Å². The molecule has 1 aliphatic carbocycles. The molecule has 2 aromatic rings. The Morgan fingerprint density at radius 1 is 1.10 bits per heavy atom. The minimum atomic E-state index is -0.315. The molecule has 0 amide bonds. The van der Waals surface area contributed by atoms with Gasteiger partial charge in [0.05, 0.1) is 18.3 Å². The zero-order valence-corrected chi connectivity index (χ0v) is 18.9. The van der Waals surface area contributed by atoms with Crippen molar-refractivity contribution in [1.82, 2.24) is 4.90 Å². The lowest BCUT2D eigenvalue weighted by molar-refractivity contribution is -0.0103. The van der Waals surface area contributed by atoms with E-state index in [9.17, 15) is 8.78 Å². The highest BCUT2D eigenvalue weighted by molar-refractivity contribution is 5.39. The second-order valence-corrected chi connectivity index (χ2v) is 9.72. The van der Waals surface area contributed by atoms with E-state index in [0.29, 0.717) is 12.5 Å². The van der Waals surface area contributed by atoms with Gasteiger partial charge in [-0.25, -0.2) is 8.78 Å². The quantitative estimate of drug-likeness (QED) is 0.584. The zero-order valence-electron chi connectivity index (χ0n) is 18.9. The summed E-state index contributed by atoms with van der Waals surface area (Å²) in [4.78, 5) is 2.22. The Kier molecular flexibility index (Phi) is 6.36. The molecule has 4 rings (SSSR count). The van der Waals surface area contributed by atoms with Crippen molar-refractivity contribution in [3.05, 3.63) is 65.2 Å². The molecule has 4 atom stereocenters. The van der Waals surface area contributed by atoms with Crippen LogP contribution >= 0.6 is 0 Å². The maximum Gasteiger partial charge on any atom is 0.123 e. The smallest absolute Gasteiger partial charge is 0.123 e. The lowest BCUT2D eigenvalue weighted by Crippen LogP contribution is -2.35. The summed E-state index contributed by atoms with van der Waals surface area (Å²) in [5.41, 5.74) is 1.70. The molecule has 0 bridgehead atoms. The average molecular weight is 430 g/mol. The van der Waals surface area contributed by atoms with Crippen LogP contribution in [0, 0.1) is 17.6 Å². The third-order valence-electron chi connectivity index (χ3n) is 6.74. The van der Waals surface area contributed by atoms with Gasteiger partial charge in [0.2, 0.25) is 0 Å². The van der Waals surface area contributed by atoms with E-state index in [1.807, 2.05) is 26.0 Å². The molecule has 0 unspecified atom stereocenters. The molecule has 2 aromatic carbocycles. The molecule has 3 nitrogen and oxygen atoms in total. The molecular weight excluding hydrogens is 396 g/mol. The van der Waals surface area contributed by atoms with Crippen LogP contribution in [0.3, 0.4) is 0 Å². The minimum Gasteiger partial charge on any atom is -0.491 e. The van der Waals surface area contributed by atoms with E-state index in [1.165, 1.54) is 6.07 Å². The predicted molar refractivity (Wildman–Crippen MR) is 119 cm³/mol. The van der Waals surface area contributed by atoms with Crippen LogP contribution in [-0.4, -0.2) is 43.9 Å². The summed E-state index contributed by atoms with van der Waals surface area (Å²) in [6, 6.07) is 11.7. The molecule has 0 aromatic heterocycles. The number of benzene rings is 2. The molecule has 168 valence electrons. The van der Waals surface area contributed by atoms with Gasteiger partial charge < -0.3 is 14.4 Å². The first-order valence-corrected chi connectivity index (χ1v) is 11.3. The van der Waals surface area contributed by atoms with Crippen LogP contribution in [-0.2, 0) is 4.74 Å². The monoisotopic (exact) mass is 429 g/mol. The fourth-order valence-corrected chi connectivity index (χ4v) is 5.68. The van der Waals surface area contributed by atoms with Crippen molar-refractivity contribution in [2.45, 2.75) is 56.7 Å². The van der Waals surface area contributed by atoms with Crippen molar-refractivity contribution >= 4 is 0 Å². The van der Waals surface area contributed by atoms with Gasteiger partial charge in [-0.1, -0.05) is 12.1 Å². The van der Waals surface area contributed by atoms with E-state index < -0.39 is 0 Å². The number of rotatable bonds is 6. The molecule has 0 N–H and O–H groups in total. The maximum absolute atomic E-state index is 14.2. The van der Waals surface area contributed by atoms with Gasteiger partial charge in [-0.05, 0) is 89.0 Å². The van der Waals surface area contributed by atoms with E-state index in [4.69, 9.17) is 9.47 Å². The summed E-state index contributed by atoms with van der Waals surface area (Å²) >= 11 is 0. The molecule has 1 aliphatic heterocycles. The van der Waals surface area contributed by atoms with Crippen molar-refractivity contribution in [1.29, 1.82) is 0 Å². The summed E-state index contributed by atoms with van der Waals surface area (Å²) in [5, 5.41) is 0. The second-order valence-electron chi connectivity index (χ2n) is 9.72. The van der Waals surface area contributed by atoms with Crippen LogP contribution in [0.4, 0.5) is 8.78 Å². The highest BCUT2D eigenvalue weighted by atomic mass is 19.1. The first kappa shape index (κ1) is 22.2. The van der Waals surface area contributed by atoms with Gasteiger partial charge in [0.15, 0.2) is 0 Å². The summed E-state index contributed by atoms with van der Waals surface area (Å²) in [5.74, 6) is 0.954. The van der Waals surface area contributed by atoms with Gasteiger partial charge in [0.25, 0.3) is 0 Å². The Bertz CT molecular complexity index is 899. The van der Waals surface area contributed by atoms with Crippen LogP contribution in [0.1, 0.15) is 56.1 Å². The largest absolute Gasteiger partial charge is 0.491 e. The lowest BCUT2D eigenvalue weighted by Gasteiger charge is -2.35. The van der Waals surface area contributed by atoms with Crippen molar-refractivity contribution in [2.24, 2.45) is 5.92 Å². The maximum atomic E-state index is 14.2. The Hall–Kier alpha value is -1.98. The fraction of sp³-hybridized carbons (Fsp3) is 0.538. The normalized spacial score (nSPS) is 28.2. The Morgan fingerprint density at radius 3 is 2.48 bits per heavy atom. The van der Waals surface area contributed by atoms with E-state index in [2.05, 4.69) is 19.0 Å². The van der Waals surface area contributed by atoms with E-state index in [0.717, 1.165) is 42.7 Å². The van der Waals surface area contributed by atoms with Gasteiger partial charge in [0, 0.05) is 23.9 Å². The summed E-state index contributed by atoms with van der Waals surface area (Å²) in [7, 11) is 4.18. The third kappa shape index (κ3) is 4.63. The number of ether oxygens (including phenoxy) is 2. The highest BCUT2D eigenvalue weighted by Crippen LogP contribution is 2.57. The molecule has 1 spiro atoms. The van der Waals surface area contributed by atoms with Crippen LogP contribution in [0.25, 0.3) is 0 Å². The summed E-state index contributed by atoms with van der Waals surface area (Å²) in [6.45, 7) is 5.46. The average Bonchev–Trinajstić information content (AvgIpc) is 3.28. The van der Waals surface area contributed by atoms with Crippen LogP contribution in [0.2, 0.25) is 0 Å². The van der Waals surface area contributed by atoms with Gasteiger partial charge in [-0.3, -0.25) is 0 Å². The summed E-state index contributed by atoms with van der Waals surface area (Å²) in [6.07, 6.45) is 2.85. The molecular formula is C26H33F2NO2. The SMILES string of the molecule is CC(C)Oc1ccc(F)cc1[C@H]1CO[C@]2(CC[C@H](CN(C)C)[C@H]2c2ccc(F)cc2)C1. The van der Waals surface area contributed by atoms with Crippen LogP contribution in [0.5, 0.6) is 5.75 Å². The minimum absolute atomic E-state index is 0.0170. The van der Waals surface area contributed by atoms with Crippen molar-refractivity contribution in [3.63, 3.8) is 0 Å². The fourth-order valence-electron chi connectivity index (χ4n) is 5.68. The Labute approximate surface area is 184 Å². The standard InChI is InChI=1S/C26H33F2NO2/c1-17(2)31-24-10-9-22(28)13-23(24)20-14-26(30-16-20)12-11-19(15-29(3)4)25(26)18-5-7-21(27)8-6-18/h5-10,13,17,19-20,25H,11-12,14-16H2,1-4H3/t19-,20-,25-,26-/m1/s1. The van der Waals surface area contributed by atoms with Crippen molar-refractivity contribution < 1.29 is 18.3 Å². The van der Waals surface area contributed by atoms with Crippen LogP contribution < -0.4 is 4.74 Å². The molecule has 31 heavy (non-hydrogen) atoms. The van der Waals surface area contributed by atoms with E-state index >= 15 is 0 Å². The number of halogens is 2. The van der Waals surface area contributed by atoms with Gasteiger partial charge in [0.1, 0.15) is 17.4 Å². The molecule has 2 fully saturated rings. The number of hydrogen-bond acceptors (Lipinski definition) is 3. The van der Waals surface area contributed by atoms with Crippen molar-refractivity contribution in [3.8, 4) is 5.75 Å². The molecule has 1 saturated heterocycles. The molecule has 0 radical (unpaired) electrons. The Morgan fingerprint density at radius 2 is 1.81 bits per heavy atom. The Balaban J connectivity index is 1.66. The first-order valence-electron chi connectivity index (χ1n) is 11.3. The summed E-state index contributed by atoms with van der Waals surface area (Å²) < 4.78 is 40.4. The third-order valence-corrected chi connectivity index (χ3v) is 6.74. The van der Waals surface area contributed by atoms with Crippen LogP contribution in [0.15, 0.2) is 42.5 Å². The first-order chi connectivity index (χ1) is 14.8. The van der Waals surface area contributed by atoms with Crippen molar-refractivity contribution in [2.75, 3.05) is 27.2 Å². The highest BCUT2D eigenvalue weighted by Gasteiger charge is 2.54. The van der Waals surface area contributed by atoms with E-state index in [-0.39, 0.29) is 35.2 Å². The number of hydrogen-bond donors (Lipinski definition) is 0. The second kappa shape index (κ2) is 8.87. The molecule has 1 heterocycles. The van der Waals surface area contributed by atoms with Gasteiger partial charge >= 0.3 is 0 Å². The van der Waals surface area contributed by atoms with Gasteiger partial charge in [-0.2, -0.15) is 0 Å². The lowest BCUT2D eigenvalue weighted by atomic mass is 9.76. The molecule has 5 heteroatoms. The molecule has 2 aliphatic rings. The topological polar surface area (TPSA) is 21.7 Å². The zero-order chi connectivity index (χ0) is 22.2.